The van der Waals surface area contributed by atoms with Crippen LogP contribution in [0, 0.1) is 45.3 Å². The molecule has 0 radical (unpaired) electrons. The molecule has 34 heavy (non-hydrogen) atoms. The Morgan fingerprint density at radius 2 is 1.76 bits per heavy atom. The maximum atomic E-state index is 12.8. The highest BCUT2D eigenvalue weighted by Crippen LogP contribution is 2.73. The van der Waals surface area contributed by atoms with Crippen molar-refractivity contribution in [3.8, 4) is 0 Å². The summed E-state index contributed by atoms with van der Waals surface area (Å²) < 4.78 is 6.12. The first-order valence-electron chi connectivity index (χ1n) is 13.9. The van der Waals surface area contributed by atoms with E-state index in [0.717, 1.165) is 25.7 Å². The van der Waals surface area contributed by atoms with Gasteiger partial charge in [0.25, 0.3) is 0 Å². The molecular formula is C30H48O4. The summed E-state index contributed by atoms with van der Waals surface area (Å²) >= 11 is 0. The molecule has 0 unspecified atom stereocenters. The Hall–Kier alpha value is -0.710. The van der Waals surface area contributed by atoms with Gasteiger partial charge in [0.1, 0.15) is 11.9 Å². The number of allylic oxidation sites excluding steroid dienone is 2. The number of ketones is 1. The quantitative estimate of drug-likeness (QED) is 0.506. The fraction of sp³-hybridized carbons (Fsp3) is 0.900. The summed E-state index contributed by atoms with van der Waals surface area (Å²) in [5.41, 5.74) is 1.05. The molecule has 9 atom stereocenters. The van der Waals surface area contributed by atoms with Crippen molar-refractivity contribution in [1.82, 2.24) is 0 Å². The molecule has 2 N–H and O–H groups in total. The molecular weight excluding hydrogens is 424 g/mol. The molecule has 3 saturated carbocycles. The molecule has 0 aromatic carbocycles. The smallest absolute Gasteiger partial charge is 0.138 e. The van der Waals surface area contributed by atoms with Crippen molar-refractivity contribution in [2.75, 3.05) is 6.61 Å². The van der Waals surface area contributed by atoms with Gasteiger partial charge in [-0.05, 0) is 98.7 Å². The molecule has 0 spiro atoms. The van der Waals surface area contributed by atoms with Crippen LogP contribution in [0.4, 0.5) is 0 Å². The van der Waals surface area contributed by atoms with Gasteiger partial charge in [0.15, 0.2) is 0 Å². The van der Waals surface area contributed by atoms with Crippen molar-refractivity contribution >= 4 is 5.78 Å². The average Bonchev–Trinajstić information content (AvgIpc) is 3.02. The molecule has 0 aromatic rings. The maximum absolute atomic E-state index is 12.8. The molecule has 4 nitrogen and oxygen atoms in total. The van der Waals surface area contributed by atoms with Crippen LogP contribution in [0.3, 0.4) is 0 Å². The first-order chi connectivity index (χ1) is 15.7. The minimum absolute atomic E-state index is 0.179. The van der Waals surface area contributed by atoms with Crippen LogP contribution in [0.5, 0.6) is 0 Å². The summed E-state index contributed by atoms with van der Waals surface area (Å²) in [7, 11) is 0. The molecule has 0 bridgehead atoms. The lowest BCUT2D eigenvalue weighted by molar-refractivity contribution is -0.187. The summed E-state index contributed by atoms with van der Waals surface area (Å²) in [6.45, 7) is 16.1. The third-order valence-electron chi connectivity index (χ3n) is 12.3. The van der Waals surface area contributed by atoms with E-state index in [0.29, 0.717) is 36.1 Å². The molecule has 5 rings (SSSR count). The zero-order valence-corrected chi connectivity index (χ0v) is 22.6. The zero-order chi connectivity index (χ0) is 24.9. The minimum Gasteiger partial charge on any atom is -0.390 e. The van der Waals surface area contributed by atoms with Crippen LogP contribution in [-0.2, 0) is 9.53 Å². The Bertz CT molecular complexity index is 883. The van der Waals surface area contributed by atoms with Crippen LogP contribution < -0.4 is 0 Å². The van der Waals surface area contributed by atoms with E-state index in [1.54, 1.807) is 19.4 Å². The van der Waals surface area contributed by atoms with Gasteiger partial charge in [0, 0.05) is 11.8 Å². The lowest BCUT2D eigenvalue weighted by Crippen LogP contribution is -2.58. The first kappa shape index (κ1) is 25.0. The van der Waals surface area contributed by atoms with E-state index in [2.05, 4.69) is 40.7 Å². The van der Waals surface area contributed by atoms with Crippen LogP contribution in [0.25, 0.3) is 0 Å². The fourth-order valence-corrected chi connectivity index (χ4v) is 10.1. The van der Waals surface area contributed by atoms with Gasteiger partial charge in [-0.3, -0.25) is 4.79 Å². The van der Waals surface area contributed by atoms with Gasteiger partial charge in [0.05, 0.1) is 18.3 Å². The SMILES string of the molecule is CC(C)(O)[C@@H]1OC[C@H]([C@@H]2CC[C@]3(C)C4=CC[C@@H]5C(C)(C)C(=O)CC[C@]5(C)[C@@H]4CC[C@]23C)C[C@H]1O. The summed E-state index contributed by atoms with van der Waals surface area (Å²) in [5, 5.41) is 21.3. The summed E-state index contributed by atoms with van der Waals surface area (Å²) in [4.78, 5) is 12.8. The van der Waals surface area contributed by atoms with E-state index in [1.807, 2.05) is 0 Å². The monoisotopic (exact) mass is 472 g/mol. The van der Waals surface area contributed by atoms with Crippen LogP contribution >= 0.6 is 0 Å². The van der Waals surface area contributed by atoms with Crippen molar-refractivity contribution in [2.45, 2.75) is 118 Å². The number of carbonyl (C=O) groups is 1. The molecule has 1 saturated heterocycles. The second kappa shape index (κ2) is 7.65. The highest BCUT2D eigenvalue weighted by atomic mass is 16.5. The summed E-state index contributed by atoms with van der Waals surface area (Å²) in [5.74, 6) is 2.37. The van der Waals surface area contributed by atoms with Crippen LogP contribution in [-0.4, -0.2) is 40.4 Å². The molecule has 192 valence electrons. The number of Topliss-reactive ketones (excluding diaryl/α,β-unsaturated/α-hetero) is 1. The molecule has 4 aliphatic carbocycles. The Labute approximate surface area is 206 Å². The van der Waals surface area contributed by atoms with Gasteiger partial charge in [-0.2, -0.15) is 0 Å². The van der Waals surface area contributed by atoms with Crippen molar-refractivity contribution in [3.05, 3.63) is 11.6 Å². The number of fused-ring (bicyclic) bond motifs is 5. The second-order valence-electron chi connectivity index (χ2n) is 14.6. The first-order valence-corrected chi connectivity index (χ1v) is 13.9. The van der Waals surface area contributed by atoms with Gasteiger partial charge in [-0.15, -0.1) is 0 Å². The molecule has 1 heterocycles. The van der Waals surface area contributed by atoms with Crippen molar-refractivity contribution in [2.24, 2.45) is 45.3 Å². The number of rotatable bonds is 2. The van der Waals surface area contributed by atoms with Gasteiger partial charge >= 0.3 is 0 Å². The molecule has 0 aromatic heterocycles. The van der Waals surface area contributed by atoms with Gasteiger partial charge < -0.3 is 14.9 Å². The Morgan fingerprint density at radius 3 is 2.41 bits per heavy atom. The summed E-state index contributed by atoms with van der Waals surface area (Å²) in [6, 6.07) is 0. The average molecular weight is 473 g/mol. The highest BCUT2D eigenvalue weighted by molar-refractivity contribution is 5.85. The number of hydrogen-bond acceptors (Lipinski definition) is 4. The van der Waals surface area contributed by atoms with Gasteiger partial charge in [-0.1, -0.05) is 46.3 Å². The molecule has 5 aliphatic rings. The van der Waals surface area contributed by atoms with Crippen molar-refractivity contribution in [1.29, 1.82) is 0 Å². The predicted octanol–water partition coefficient (Wildman–Crippen LogP) is 5.70. The third kappa shape index (κ3) is 3.23. The number of aliphatic hydroxyl groups is 2. The number of carbonyl (C=O) groups excluding carboxylic acids is 1. The van der Waals surface area contributed by atoms with E-state index in [9.17, 15) is 15.0 Å². The highest BCUT2D eigenvalue weighted by Gasteiger charge is 2.66. The van der Waals surface area contributed by atoms with Crippen molar-refractivity contribution in [3.63, 3.8) is 0 Å². The van der Waals surface area contributed by atoms with E-state index in [1.165, 1.54) is 25.7 Å². The van der Waals surface area contributed by atoms with E-state index < -0.39 is 17.8 Å². The standard InChI is InChI=1S/C30H48O4/c1-26(2)23-9-8-21-20(28(23,5)13-12-24(26)32)11-15-29(6)19(10-14-30(21,29)7)18-16-22(31)25(34-17-18)27(3,4)33/h8,18-20,22-23,25,31,33H,9-17H2,1-7H3/t18-,19+,20-,22-,23-,25-,28-,29-,30-/m1/s1. The molecule has 0 amide bonds. The topological polar surface area (TPSA) is 66.8 Å². The fourth-order valence-electron chi connectivity index (χ4n) is 10.1. The number of ether oxygens (including phenoxy) is 1. The Kier molecular flexibility index (Phi) is 5.62. The van der Waals surface area contributed by atoms with Gasteiger partial charge in [0.2, 0.25) is 0 Å². The van der Waals surface area contributed by atoms with E-state index in [4.69, 9.17) is 4.74 Å². The third-order valence-corrected chi connectivity index (χ3v) is 12.3. The normalized spacial score (nSPS) is 50.7. The zero-order valence-electron chi connectivity index (χ0n) is 22.6. The number of aliphatic hydroxyl groups excluding tert-OH is 1. The molecule has 4 heteroatoms. The molecule has 1 aliphatic heterocycles. The largest absolute Gasteiger partial charge is 0.390 e. The van der Waals surface area contributed by atoms with Crippen molar-refractivity contribution < 1.29 is 19.7 Å². The summed E-state index contributed by atoms with van der Waals surface area (Å²) in [6.07, 6.45) is 9.84. The minimum atomic E-state index is -1.02. The lowest BCUT2D eigenvalue weighted by Gasteiger charge is -2.63. The predicted molar refractivity (Wildman–Crippen MR) is 134 cm³/mol. The Morgan fingerprint density at radius 1 is 1.06 bits per heavy atom. The van der Waals surface area contributed by atoms with E-state index in [-0.39, 0.29) is 21.7 Å². The molecule has 4 fully saturated rings. The lowest BCUT2D eigenvalue weighted by atomic mass is 9.41. The van der Waals surface area contributed by atoms with Crippen LogP contribution in [0.15, 0.2) is 11.6 Å². The van der Waals surface area contributed by atoms with E-state index >= 15 is 0 Å². The second-order valence-corrected chi connectivity index (χ2v) is 14.6. The Balaban J connectivity index is 1.43. The van der Waals surface area contributed by atoms with Crippen LogP contribution in [0.2, 0.25) is 0 Å². The number of hydrogen-bond donors (Lipinski definition) is 2. The maximum Gasteiger partial charge on any atom is 0.138 e. The van der Waals surface area contributed by atoms with Gasteiger partial charge in [-0.25, -0.2) is 0 Å². The van der Waals surface area contributed by atoms with Crippen LogP contribution in [0.1, 0.15) is 99.8 Å².